The second-order valence-corrected chi connectivity index (χ2v) is 10.6. The fraction of sp³-hybridized carbons (Fsp3) is 0.545. The molecule has 4 rings (SSSR count). The Hall–Kier alpha value is -2.97. The third-order valence-corrected chi connectivity index (χ3v) is 7.57. The number of nitrogens with zero attached hydrogens (tertiary/aromatic N) is 5. The lowest BCUT2D eigenvalue weighted by molar-refractivity contribution is -0.134. The molecular formula is C22H28N6O4S. The van der Waals surface area contributed by atoms with E-state index in [0.29, 0.717) is 61.4 Å². The highest BCUT2D eigenvalue weighted by atomic mass is 32.2. The van der Waals surface area contributed by atoms with Crippen molar-refractivity contribution < 1.29 is 17.9 Å². The Bertz CT molecular complexity index is 1240. The van der Waals surface area contributed by atoms with Crippen molar-refractivity contribution in [1.82, 2.24) is 19.6 Å². The van der Waals surface area contributed by atoms with Gasteiger partial charge in [0.15, 0.2) is 0 Å². The van der Waals surface area contributed by atoms with Crippen molar-refractivity contribution in [2.24, 2.45) is 5.92 Å². The first-order valence-corrected chi connectivity index (χ1v) is 12.4. The fourth-order valence-electron chi connectivity index (χ4n) is 4.03. The van der Waals surface area contributed by atoms with E-state index in [1.165, 1.54) is 13.2 Å². The molecule has 2 aromatic rings. The van der Waals surface area contributed by atoms with E-state index in [2.05, 4.69) is 20.8 Å². The predicted octanol–water partition coefficient (Wildman–Crippen LogP) is 1.59. The molecule has 0 unspecified atom stereocenters. The van der Waals surface area contributed by atoms with Crippen molar-refractivity contribution in [3.05, 3.63) is 18.0 Å². The molecule has 0 radical (unpaired) electrons. The molecule has 0 spiro atoms. The number of carbonyl (C=O) groups is 1. The molecule has 2 heterocycles. The maximum atomic E-state index is 13.2. The summed E-state index contributed by atoms with van der Waals surface area (Å²) < 4.78 is 34.4. The van der Waals surface area contributed by atoms with Crippen LogP contribution >= 0.6 is 0 Å². The molecule has 33 heavy (non-hydrogen) atoms. The van der Waals surface area contributed by atoms with Crippen LogP contribution in [0, 0.1) is 24.2 Å². The summed E-state index contributed by atoms with van der Waals surface area (Å²) in [7, 11) is -2.49. The van der Waals surface area contributed by atoms with Gasteiger partial charge in [0.05, 0.1) is 29.1 Å². The quantitative estimate of drug-likeness (QED) is 0.671. The number of nitriles is 1. The zero-order valence-electron chi connectivity index (χ0n) is 19.3. The van der Waals surface area contributed by atoms with Crippen LogP contribution in [0.5, 0.6) is 5.88 Å². The number of sulfonamides is 1. The average molecular weight is 473 g/mol. The Kier molecular flexibility index (Phi) is 5.92. The van der Waals surface area contributed by atoms with Crippen LogP contribution in [0.2, 0.25) is 0 Å². The number of rotatable bonds is 6. The molecule has 0 atom stereocenters. The summed E-state index contributed by atoms with van der Waals surface area (Å²) in [6.07, 6.45) is 0.973. The first kappa shape index (κ1) is 23.2. The first-order chi connectivity index (χ1) is 15.6. The average Bonchev–Trinajstić information content (AvgIpc) is 3.56. The van der Waals surface area contributed by atoms with Gasteiger partial charge in [0.25, 0.3) is 0 Å². The maximum Gasteiger partial charge on any atom is 0.242 e. The molecule has 10 nitrogen and oxygen atoms in total. The molecule has 11 heteroatoms. The van der Waals surface area contributed by atoms with E-state index in [-0.39, 0.29) is 22.6 Å². The third-order valence-electron chi connectivity index (χ3n) is 6.05. The molecule has 1 saturated heterocycles. The van der Waals surface area contributed by atoms with Gasteiger partial charge in [0.1, 0.15) is 16.9 Å². The van der Waals surface area contributed by atoms with E-state index >= 15 is 0 Å². The van der Waals surface area contributed by atoms with Crippen LogP contribution in [0.3, 0.4) is 0 Å². The minimum Gasteiger partial charge on any atom is -0.480 e. The summed E-state index contributed by atoms with van der Waals surface area (Å²) >= 11 is 0. The number of methoxy groups -OCH3 is 1. The van der Waals surface area contributed by atoms with E-state index in [1.807, 2.05) is 23.6 Å². The number of amides is 1. The molecule has 0 bridgehead atoms. The molecule has 176 valence electrons. The molecule has 2 fully saturated rings. The van der Waals surface area contributed by atoms with Gasteiger partial charge < -0.3 is 14.5 Å². The number of aromatic nitrogens is 2. The van der Waals surface area contributed by atoms with Gasteiger partial charge in [0.2, 0.25) is 21.8 Å². The lowest BCUT2D eigenvalue weighted by atomic mass is 10.1. The minimum atomic E-state index is -3.97. The van der Waals surface area contributed by atoms with Gasteiger partial charge in [-0.15, -0.1) is 0 Å². The van der Waals surface area contributed by atoms with Crippen molar-refractivity contribution in [3.8, 4) is 11.9 Å². The number of piperazine rings is 1. The minimum absolute atomic E-state index is 0.0259. The predicted molar refractivity (Wildman–Crippen MR) is 122 cm³/mol. The zero-order valence-corrected chi connectivity index (χ0v) is 20.1. The highest BCUT2D eigenvalue weighted by Crippen LogP contribution is 2.38. The SMILES string of the molecule is COc1nc(C)nc2c(N3CCN(C(=O)C(C)C)CC3)cc(S(=O)(=O)NC3(C#N)CC3)cc12. The van der Waals surface area contributed by atoms with E-state index in [9.17, 15) is 18.5 Å². The van der Waals surface area contributed by atoms with Crippen LogP contribution in [0.25, 0.3) is 10.9 Å². The number of anilines is 1. The van der Waals surface area contributed by atoms with Gasteiger partial charge in [-0.05, 0) is 31.9 Å². The molecule has 1 aliphatic heterocycles. The Morgan fingerprint density at radius 1 is 1.21 bits per heavy atom. The molecule has 1 aromatic heterocycles. The fourth-order valence-corrected chi connectivity index (χ4v) is 5.45. The second-order valence-electron chi connectivity index (χ2n) is 8.89. The van der Waals surface area contributed by atoms with E-state index in [0.717, 1.165) is 0 Å². The number of benzene rings is 1. The number of ether oxygens (including phenoxy) is 1. The molecule has 1 saturated carbocycles. The smallest absolute Gasteiger partial charge is 0.242 e. The van der Waals surface area contributed by atoms with Crippen LogP contribution in [0.4, 0.5) is 5.69 Å². The molecule has 1 aliphatic carbocycles. The lowest BCUT2D eigenvalue weighted by Crippen LogP contribution is -2.50. The van der Waals surface area contributed by atoms with Crippen LogP contribution in [0.1, 0.15) is 32.5 Å². The highest BCUT2D eigenvalue weighted by Gasteiger charge is 2.47. The van der Waals surface area contributed by atoms with Crippen LogP contribution in [-0.2, 0) is 14.8 Å². The normalized spacial score (nSPS) is 17.8. The number of carbonyl (C=O) groups excluding carboxylic acids is 1. The zero-order chi connectivity index (χ0) is 24.0. The molecule has 2 aliphatic rings. The Morgan fingerprint density at radius 2 is 1.88 bits per heavy atom. The van der Waals surface area contributed by atoms with E-state index < -0.39 is 15.6 Å². The number of hydrogen-bond donors (Lipinski definition) is 1. The summed E-state index contributed by atoms with van der Waals surface area (Å²) in [6, 6.07) is 5.14. The van der Waals surface area contributed by atoms with Crippen LogP contribution < -0.4 is 14.4 Å². The highest BCUT2D eigenvalue weighted by molar-refractivity contribution is 7.89. The van der Waals surface area contributed by atoms with Crippen molar-refractivity contribution in [1.29, 1.82) is 5.26 Å². The van der Waals surface area contributed by atoms with Crippen molar-refractivity contribution in [2.75, 3.05) is 38.2 Å². The van der Waals surface area contributed by atoms with Gasteiger partial charge in [-0.2, -0.15) is 15.0 Å². The molecule has 1 N–H and O–H groups in total. The van der Waals surface area contributed by atoms with Gasteiger partial charge >= 0.3 is 0 Å². The van der Waals surface area contributed by atoms with E-state index in [1.54, 1.807) is 13.0 Å². The summed E-state index contributed by atoms with van der Waals surface area (Å²) in [4.78, 5) is 25.2. The molecule has 1 aromatic carbocycles. The largest absolute Gasteiger partial charge is 0.480 e. The third kappa shape index (κ3) is 4.45. The summed E-state index contributed by atoms with van der Waals surface area (Å²) in [6.45, 7) is 7.66. The Morgan fingerprint density at radius 3 is 2.42 bits per heavy atom. The second kappa shape index (κ2) is 8.43. The standard InChI is InChI=1S/C22H28N6O4S/c1-14(2)21(29)28-9-7-27(8-10-28)18-12-16(33(30,31)26-22(13-23)5-6-22)11-17-19(18)24-15(3)25-20(17)32-4/h11-12,14,26H,5-10H2,1-4H3. The van der Waals surface area contributed by atoms with Crippen molar-refractivity contribution >= 4 is 32.5 Å². The number of hydrogen-bond acceptors (Lipinski definition) is 8. The first-order valence-electron chi connectivity index (χ1n) is 10.9. The van der Waals surface area contributed by atoms with Gasteiger partial charge in [0, 0.05) is 32.1 Å². The maximum absolute atomic E-state index is 13.2. The topological polar surface area (TPSA) is 129 Å². The van der Waals surface area contributed by atoms with E-state index in [4.69, 9.17) is 4.74 Å². The van der Waals surface area contributed by atoms with Gasteiger partial charge in [-0.25, -0.2) is 13.4 Å². The monoisotopic (exact) mass is 472 g/mol. The van der Waals surface area contributed by atoms with Crippen LogP contribution in [0.15, 0.2) is 17.0 Å². The summed E-state index contributed by atoms with van der Waals surface area (Å²) in [5.74, 6) is 0.813. The Labute approximate surface area is 193 Å². The number of nitrogens with one attached hydrogen (secondary N) is 1. The number of fused-ring (bicyclic) bond motifs is 1. The number of aryl methyl sites for hydroxylation is 1. The lowest BCUT2D eigenvalue weighted by Gasteiger charge is -2.37. The Balaban J connectivity index is 1.77. The summed E-state index contributed by atoms with van der Waals surface area (Å²) in [5, 5.41) is 9.84. The van der Waals surface area contributed by atoms with Crippen molar-refractivity contribution in [2.45, 2.75) is 44.0 Å². The van der Waals surface area contributed by atoms with Crippen LogP contribution in [-0.4, -0.2) is 68.0 Å². The van der Waals surface area contributed by atoms with Gasteiger partial charge in [-0.3, -0.25) is 4.79 Å². The van der Waals surface area contributed by atoms with Gasteiger partial charge in [-0.1, -0.05) is 13.8 Å². The molecular weight excluding hydrogens is 444 g/mol. The summed E-state index contributed by atoms with van der Waals surface area (Å²) in [5.41, 5.74) is 0.184. The van der Waals surface area contributed by atoms with Crippen molar-refractivity contribution in [3.63, 3.8) is 0 Å². The molecule has 1 amide bonds.